The molecule has 2 N–H and O–H groups in total. The Hall–Kier alpha value is -2.34. The summed E-state index contributed by atoms with van der Waals surface area (Å²) in [5.41, 5.74) is 0.948. The summed E-state index contributed by atoms with van der Waals surface area (Å²) in [6.45, 7) is 1.46. The largest absolute Gasteiger partial charge is 0.416 e. The zero-order valence-corrected chi connectivity index (χ0v) is 12.2. The van der Waals surface area contributed by atoms with Gasteiger partial charge in [-0.25, -0.2) is 0 Å². The van der Waals surface area contributed by atoms with Gasteiger partial charge in [0.05, 0.1) is 11.6 Å². The number of halogens is 3. The molecule has 23 heavy (non-hydrogen) atoms. The molecule has 2 aromatic carbocycles. The Morgan fingerprint density at radius 3 is 2.26 bits per heavy atom. The molecular formula is C17H15F3N2O. The summed E-state index contributed by atoms with van der Waals surface area (Å²) >= 11 is 0. The minimum atomic E-state index is -4.37. The van der Waals surface area contributed by atoms with Gasteiger partial charge in [0.2, 0.25) is 0 Å². The van der Waals surface area contributed by atoms with Crippen LogP contribution in [0.5, 0.6) is 0 Å². The van der Waals surface area contributed by atoms with Crippen LogP contribution >= 0.6 is 0 Å². The van der Waals surface area contributed by atoms with E-state index in [4.69, 9.17) is 0 Å². The molecule has 2 aromatic rings. The molecule has 3 rings (SSSR count). The Balaban J connectivity index is 1.89. The monoisotopic (exact) mass is 320 g/mol. The van der Waals surface area contributed by atoms with Crippen molar-refractivity contribution in [3.63, 3.8) is 0 Å². The number of hydrogen-bond acceptors (Lipinski definition) is 2. The molecule has 0 unspecified atom stereocenters. The van der Waals surface area contributed by atoms with Gasteiger partial charge in [0.15, 0.2) is 0 Å². The Morgan fingerprint density at radius 1 is 1.04 bits per heavy atom. The summed E-state index contributed by atoms with van der Waals surface area (Å²) in [5, 5.41) is 5.96. The maximum atomic E-state index is 12.6. The molecule has 0 aliphatic carbocycles. The molecule has 1 saturated heterocycles. The molecule has 0 spiro atoms. The molecule has 1 aliphatic heterocycles. The van der Waals surface area contributed by atoms with E-state index in [-0.39, 0.29) is 11.9 Å². The van der Waals surface area contributed by atoms with Crippen LogP contribution in [0.3, 0.4) is 0 Å². The molecule has 1 fully saturated rings. The van der Waals surface area contributed by atoms with Crippen molar-refractivity contribution in [2.75, 3.05) is 13.1 Å². The summed E-state index contributed by atoms with van der Waals surface area (Å²) in [5.74, 6) is -0.216. The van der Waals surface area contributed by atoms with Gasteiger partial charge in [-0.2, -0.15) is 13.2 Å². The van der Waals surface area contributed by atoms with E-state index in [2.05, 4.69) is 10.6 Å². The number of alkyl halides is 3. The van der Waals surface area contributed by atoms with Crippen LogP contribution in [-0.4, -0.2) is 25.0 Å². The molecule has 120 valence electrons. The van der Waals surface area contributed by atoms with Crippen LogP contribution in [0.2, 0.25) is 0 Å². The summed E-state index contributed by atoms with van der Waals surface area (Å²) in [6, 6.07) is 11.8. The minimum Gasteiger partial charge on any atom is -0.347 e. The molecule has 0 saturated carbocycles. The van der Waals surface area contributed by atoms with Crippen molar-refractivity contribution in [2.24, 2.45) is 0 Å². The van der Waals surface area contributed by atoms with E-state index in [0.29, 0.717) is 16.7 Å². The number of carbonyl (C=O) groups excluding carboxylic acids is 1. The van der Waals surface area contributed by atoms with Crippen molar-refractivity contribution in [1.82, 2.24) is 10.6 Å². The standard InChI is InChI=1S/C17H15F3N2O/c18-17(19,20)12-7-5-11(6-8-12)14-3-1-2-4-15(14)16(23)22-13-9-21-10-13/h1-8,13,21H,9-10H2,(H,22,23). The molecule has 0 bridgehead atoms. The van der Waals surface area contributed by atoms with Crippen molar-refractivity contribution in [2.45, 2.75) is 12.2 Å². The summed E-state index contributed by atoms with van der Waals surface area (Å²) in [6.07, 6.45) is -4.37. The van der Waals surface area contributed by atoms with Gasteiger partial charge in [-0.1, -0.05) is 30.3 Å². The highest BCUT2D eigenvalue weighted by Crippen LogP contribution is 2.31. The van der Waals surface area contributed by atoms with Gasteiger partial charge < -0.3 is 10.6 Å². The highest BCUT2D eigenvalue weighted by Gasteiger charge is 2.30. The van der Waals surface area contributed by atoms with Gasteiger partial charge in [-0.3, -0.25) is 4.79 Å². The molecule has 0 radical (unpaired) electrons. The molecule has 0 aromatic heterocycles. The van der Waals surface area contributed by atoms with Crippen LogP contribution in [0.15, 0.2) is 48.5 Å². The lowest BCUT2D eigenvalue weighted by molar-refractivity contribution is -0.137. The van der Waals surface area contributed by atoms with Crippen LogP contribution in [0, 0.1) is 0 Å². The average molecular weight is 320 g/mol. The maximum absolute atomic E-state index is 12.6. The van der Waals surface area contributed by atoms with E-state index < -0.39 is 11.7 Å². The zero-order chi connectivity index (χ0) is 16.4. The smallest absolute Gasteiger partial charge is 0.347 e. The van der Waals surface area contributed by atoms with Crippen molar-refractivity contribution < 1.29 is 18.0 Å². The Kier molecular flexibility index (Phi) is 4.09. The summed E-state index contributed by atoms with van der Waals surface area (Å²) in [7, 11) is 0. The van der Waals surface area contributed by atoms with Crippen molar-refractivity contribution in [3.8, 4) is 11.1 Å². The van der Waals surface area contributed by atoms with Crippen molar-refractivity contribution in [1.29, 1.82) is 0 Å². The first-order valence-corrected chi connectivity index (χ1v) is 7.23. The van der Waals surface area contributed by atoms with Crippen LogP contribution in [0.1, 0.15) is 15.9 Å². The van der Waals surface area contributed by atoms with Gasteiger partial charge in [0.25, 0.3) is 5.91 Å². The Morgan fingerprint density at radius 2 is 1.70 bits per heavy atom. The summed E-state index contributed by atoms with van der Waals surface area (Å²) in [4.78, 5) is 12.3. The zero-order valence-electron chi connectivity index (χ0n) is 12.2. The third kappa shape index (κ3) is 3.37. The number of carbonyl (C=O) groups is 1. The molecule has 1 heterocycles. The Labute approximate surface area is 131 Å². The predicted molar refractivity (Wildman–Crippen MR) is 81.0 cm³/mol. The number of rotatable bonds is 3. The third-order valence-electron chi connectivity index (χ3n) is 3.81. The number of nitrogens with one attached hydrogen (secondary N) is 2. The normalized spacial score (nSPS) is 15.1. The molecule has 0 atom stereocenters. The van der Waals surface area contributed by atoms with Crippen LogP contribution in [0.4, 0.5) is 13.2 Å². The van der Waals surface area contributed by atoms with Crippen molar-refractivity contribution in [3.05, 3.63) is 59.7 Å². The highest BCUT2D eigenvalue weighted by atomic mass is 19.4. The average Bonchev–Trinajstić information content (AvgIpc) is 2.50. The maximum Gasteiger partial charge on any atom is 0.416 e. The van der Waals surface area contributed by atoms with Crippen molar-refractivity contribution >= 4 is 5.91 Å². The number of amides is 1. The van der Waals surface area contributed by atoms with Gasteiger partial charge in [-0.05, 0) is 29.3 Å². The number of benzene rings is 2. The van der Waals surface area contributed by atoms with E-state index in [0.717, 1.165) is 25.2 Å². The fourth-order valence-electron chi connectivity index (χ4n) is 2.43. The second-order valence-electron chi connectivity index (χ2n) is 5.45. The molecule has 1 aliphatic rings. The van der Waals surface area contributed by atoms with E-state index in [1.807, 2.05) is 0 Å². The fourth-order valence-corrected chi connectivity index (χ4v) is 2.43. The quantitative estimate of drug-likeness (QED) is 0.912. The Bertz CT molecular complexity index is 707. The first kappa shape index (κ1) is 15.6. The molecule has 3 nitrogen and oxygen atoms in total. The fraction of sp³-hybridized carbons (Fsp3) is 0.235. The van der Waals surface area contributed by atoms with Crippen LogP contribution in [0.25, 0.3) is 11.1 Å². The van der Waals surface area contributed by atoms with Crippen LogP contribution in [-0.2, 0) is 6.18 Å². The number of hydrogen-bond donors (Lipinski definition) is 2. The van der Waals surface area contributed by atoms with E-state index in [1.165, 1.54) is 12.1 Å². The second kappa shape index (κ2) is 6.04. The van der Waals surface area contributed by atoms with Gasteiger partial charge in [0.1, 0.15) is 0 Å². The molecule has 1 amide bonds. The third-order valence-corrected chi connectivity index (χ3v) is 3.81. The van der Waals surface area contributed by atoms with Gasteiger partial charge in [0, 0.05) is 18.7 Å². The first-order chi connectivity index (χ1) is 10.9. The van der Waals surface area contributed by atoms with Gasteiger partial charge in [-0.15, -0.1) is 0 Å². The summed E-state index contributed by atoms with van der Waals surface area (Å²) < 4.78 is 37.9. The first-order valence-electron chi connectivity index (χ1n) is 7.23. The van der Waals surface area contributed by atoms with Crippen LogP contribution < -0.4 is 10.6 Å². The lowest BCUT2D eigenvalue weighted by atomic mass is 9.97. The highest BCUT2D eigenvalue weighted by molar-refractivity contribution is 6.01. The lowest BCUT2D eigenvalue weighted by Crippen LogP contribution is -2.56. The van der Waals surface area contributed by atoms with Gasteiger partial charge >= 0.3 is 6.18 Å². The predicted octanol–water partition coefficient (Wildman–Crippen LogP) is 3.07. The van der Waals surface area contributed by atoms with E-state index in [1.54, 1.807) is 24.3 Å². The molecular weight excluding hydrogens is 305 g/mol. The van der Waals surface area contributed by atoms with E-state index in [9.17, 15) is 18.0 Å². The molecule has 6 heteroatoms. The second-order valence-corrected chi connectivity index (χ2v) is 5.45. The SMILES string of the molecule is O=C(NC1CNC1)c1ccccc1-c1ccc(C(F)(F)F)cc1. The topological polar surface area (TPSA) is 41.1 Å². The minimum absolute atomic E-state index is 0.100. The van der Waals surface area contributed by atoms with E-state index >= 15 is 0 Å². The lowest BCUT2D eigenvalue weighted by Gasteiger charge is -2.28.